The molecule has 4 aromatic carbocycles. The van der Waals surface area contributed by atoms with E-state index < -0.39 is 0 Å². The number of benzene rings is 4. The van der Waals surface area contributed by atoms with Crippen LogP contribution in [0.15, 0.2) is 97.1 Å². The van der Waals surface area contributed by atoms with Crippen LogP contribution >= 0.6 is 0 Å². The fourth-order valence-corrected chi connectivity index (χ4v) is 5.15. The van der Waals surface area contributed by atoms with E-state index in [1.165, 1.54) is 23.3 Å². The van der Waals surface area contributed by atoms with Crippen LogP contribution in [-0.4, -0.2) is 33.6 Å². The molecule has 0 aliphatic rings. The minimum Gasteiger partial charge on any atom is -0.508 e. The van der Waals surface area contributed by atoms with E-state index in [1.807, 2.05) is 12.1 Å². The molecule has 2 atom stereocenters. The van der Waals surface area contributed by atoms with Crippen molar-refractivity contribution in [1.29, 1.82) is 0 Å². The van der Waals surface area contributed by atoms with Gasteiger partial charge in [0.15, 0.2) is 0 Å². The van der Waals surface area contributed by atoms with Gasteiger partial charge in [0, 0.05) is 18.7 Å². The summed E-state index contributed by atoms with van der Waals surface area (Å²) in [5.41, 5.74) is 3.98. The van der Waals surface area contributed by atoms with Gasteiger partial charge in [-0.25, -0.2) is 0 Å². The molecule has 0 saturated heterocycles. The molecule has 210 valence electrons. The smallest absolute Gasteiger partial charge is 0.119 e. The van der Waals surface area contributed by atoms with Gasteiger partial charge in [0.1, 0.15) is 23.0 Å². The third kappa shape index (κ3) is 9.63. The van der Waals surface area contributed by atoms with Gasteiger partial charge in [-0.05, 0) is 84.0 Å². The Morgan fingerprint density at radius 1 is 0.500 bits per heavy atom. The SMILES string of the molecule is Oc1cc(O)cc(COCCC[C@H](Cc2ccccc2)[C@H](COCc2cc(O)cc(O)c2)Cc2ccccc2)c1. The van der Waals surface area contributed by atoms with Crippen molar-refractivity contribution in [3.63, 3.8) is 0 Å². The molecule has 4 aromatic rings. The highest BCUT2D eigenvalue weighted by atomic mass is 16.5. The fourth-order valence-electron chi connectivity index (χ4n) is 5.15. The Balaban J connectivity index is 1.42. The topological polar surface area (TPSA) is 99.4 Å². The van der Waals surface area contributed by atoms with Gasteiger partial charge >= 0.3 is 0 Å². The number of aromatic hydroxyl groups is 4. The summed E-state index contributed by atoms with van der Waals surface area (Å²) in [7, 11) is 0. The summed E-state index contributed by atoms with van der Waals surface area (Å²) in [4.78, 5) is 0. The second-order valence-electron chi connectivity index (χ2n) is 10.3. The van der Waals surface area contributed by atoms with E-state index in [-0.39, 0.29) is 28.9 Å². The van der Waals surface area contributed by atoms with Crippen LogP contribution in [0.1, 0.15) is 35.1 Å². The van der Waals surface area contributed by atoms with Gasteiger partial charge in [0.25, 0.3) is 0 Å². The van der Waals surface area contributed by atoms with Crippen molar-refractivity contribution in [2.75, 3.05) is 13.2 Å². The van der Waals surface area contributed by atoms with Gasteiger partial charge in [-0.15, -0.1) is 0 Å². The second-order valence-corrected chi connectivity index (χ2v) is 10.3. The molecule has 4 rings (SSSR count). The summed E-state index contributed by atoms with van der Waals surface area (Å²) in [6, 6.07) is 29.9. The zero-order chi connectivity index (χ0) is 28.2. The lowest BCUT2D eigenvalue weighted by molar-refractivity contribution is 0.0579. The lowest BCUT2D eigenvalue weighted by Crippen LogP contribution is -2.25. The molecule has 40 heavy (non-hydrogen) atoms. The highest BCUT2D eigenvalue weighted by Gasteiger charge is 2.23. The minimum atomic E-state index is 0.0160. The standard InChI is InChI=1S/C34H38O6/c35-31-16-27(17-32(36)20-31)22-39-13-7-12-29(14-25-8-3-1-4-9-25)30(15-26-10-5-2-6-11-26)24-40-23-28-18-33(37)21-34(38)19-28/h1-6,8-11,16-21,29-30,35-38H,7,12-15,22-24H2/t29-,30+/m1/s1. The largest absolute Gasteiger partial charge is 0.508 e. The summed E-state index contributed by atoms with van der Waals surface area (Å²) in [5.74, 6) is 0.632. The van der Waals surface area contributed by atoms with Crippen LogP contribution in [0.25, 0.3) is 0 Å². The third-order valence-corrected chi connectivity index (χ3v) is 7.01. The minimum absolute atomic E-state index is 0.0160. The van der Waals surface area contributed by atoms with E-state index >= 15 is 0 Å². The highest BCUT2D eigenvalue weighted by Crippen LogP contribution is 2.28. The summed E-state index contributed by atoms with van der Waals surface area (Å²) in [6.07, 6.45) is 3.57. The summed E-state index contributed by atoms with van der Waals surface area (Å²) in [5, 5.41) is 39.1. The van der Waals surface area contributed by atoms with Gasteiger partial charge in [-0.3, -0.25) is 0 Å². The molecular formula is C34H38O6. The van der Waals surface area contributed by atoms with Crippen molar-refractivity contribution >= 4 is 0 Å². The van der Waals surface area contributed by atoms with Crippen molar-refractivity contribution in [2.24, 2.45) is 11.8 Å². The predicted octanol–water partition coefficient (Wildman–Crippen LogP) is 6.74. The van der Waals surface area contributed by atoms with Gasteiger partial charge in [0.2, 0.25) is 0 Å². The monoisotopic (exact) mass is 542 g/mol. The Morgan fingerprint density at radius 3 is 1.45 bits per heavy atom. The van der Waals surface area contributed by atoms with Gasteiger partial charge in [0.05, 0.1) is 19.8 Å². The molecule has 0 saturated carbocycles. The summed E-state index contributed by atoms with van der Waals surface area (Å²) < 4.78 is 12.1. The van der Waals surface area contributed by atoms with Crippen LogP contribution in [0, 0.1) is 11.8 Å². The lowest BCUT2D eigenvalue weighted by atomic mass is 9.80. The van der Waals surface area contributed by atoms with Crippen LogP contribution in [-0.2, 0) is 35.5 Å². The van der Waals surface area contributed by atoms with Crippen LogP contribution in [0.3, 0.4) is 0 Å². The maximum atomic E-state index is 9.84. The van der Waals surface area contributed by atoms with E-state index in [0.29, 0.717) is 32.3 Å². The summed E-state index contributed by atoms with van der Waals surface area (Å²) >= 11 is 0. The normalized spacial score (nSPS) is 12.7. The zero-order valence-electron chi connectivity index (χ0n) is 22.7. The summed E-state index contributed by atoms with van der Waals surface area (Å²) in [6.45, 7) is 1.71. The second kappa shape index (κ2) is 15.0. The van der Waals surface area contributed by atoms with Crippen LogP contribution in [0.2, 0.25) is 0 Å². The first-order valence-electron chi connectivity index (χ1n) is 13.7. The molecule has 0 heterocycles. The average Bonchev–Trinajstić information content (AvgIpc) is 2.92. The lowest BCUT2D eigenvalue weighted by Gasteiger charge is -2.28. The molecule has 6 heteroatoms. The quantitative estimate of drug-likeness (QED) is 0.124. The van der Waals surface area contributed by atoms with E-state index in [0.717, 1.165) is 36.8 Å². The maximum Gasteiger partial charge on any atom is 0.119 e. The number of ether oxygens (including phenoxy) is 2. The van der Waals surface area contributed by atoms with E-state index in [1.54, 1.807) is 24.3 Å². The van der Waals surface area contributed by atoms with E-state index in [9.17, 15) is 20.4 Å². The maximum absolute atomic E-state index is 9.84. The number of phenolic OH excluding ortho intramolecular Hbond substituents is 4. The molecule has 0 bridgehead atoms. The molecule has 0 unspecified atom stereocenters. The van der Waals surface area contributed by atoms with Crippen LogP contribution in [0.4, 0.5) is 0 Å². The molecule has 0 amide bonds. The fraction of sp³-hybridized carbons (Fsp3) is 0.294. The van der Waals surface area contributed by atoms with E-state index in [4.69, 9.17) is 9.47 Å². The Bertz CT molecular complexity index is 1270. The molecule has 0 aliphatic carbocycles. The van der Waals surface area contributed by atoms with Gasteiger partial charge in [-0.1, -0.05) is 60.7 Å². The molecule has 0 fully saturated rings. The number of rotatable bonds is 15. The average molecular weight is 543 g/mol. The molecule has 0 radical (unpaired) electrons. The molecule has 4 N–H and O–H groups in total. The third-order valence-electron chi connectivity index (χ3n) is 7.01. The Labute approximate surface area is 236 Å². The molecule has 0 aliphatic heterocycles. The first-order valence-corrected chi connectivity index (χ1v) is 13.7. The first kappa shape index (κ1) is 29.0. The van der Waals surface area contributed by atoms with Crippen molar-refractivity contribution in [1.82, 2.24) is 0 Å². The predicted molar refractivity (Wildman–Crippen MR) is 155 cm³/mol. The van der Waals surface area contributed by atoms with Crippen LogP contribution in [0.5, 0.6) is 23.0 Å². The molecular weight excluding hydrogens is 504 g/mol. The number of hydrogen-bond donors (Lipinski definition) is 4. The van der Waals surface area contributed by atoms with Crippen molar-refractivity contribution in [2.45, 2.75) is 38.9 Å². The Hall–Kier alpha value is -4.00. The van der Waals surface area contributed by atoms with Gasteiger partial charge in [-0.2, -0.15) is 0 Å². The number of phenols is 4. The van der Waals surface area contributed by atoms with E-state index in [2.05, 4.69) is 48.5 Å². The van der Waals surface area contributed by atoms with Crippen molar-refractivity contribution in [3.05, 3.63) is 119 Å². The zero-order valence-corrected chi connectivity index (χ0v) is 22.7. The molecule has 6 nitrogen and oxygen atoms in total. The molecule has 0 aromatic heterocycles. The van der Waals surface area contributed by atoms with Crippen LogP contribution < -0.4 is 0 Å². The Kier molecular flexibility index (Phi) is 10.8. The Morgan fingerprint density at radius 2 is 0.950 bits per heavy atom. The van der Waals surface area contributed by atoms with Crippen molar-refractivity contribution < 1.29 is 29.9 Å². The van der Waals surface area contributed by atoms with Gasteiger partial charge < -0.3 is 29.9 Å². The number of hydrogen-bond acceptors (Lipinski definition) is 6. The van der Waals surface area contributed by atoms with Crippen molar-refractivity contribution in [3.8, 4) is 23.0 Å². The first-order chi connectivity index (χ1) is 19.4. The molecule has 0 spiro atoms. The highest BCUT2D eigenvalue weighted by molar-refractivity contribution is 5.37.